The number of hydrogen-bond acceptors (Lipinski definition) is 2. The molecule has 0 radical (unpaired) electrons. The van der Waals surface area contributed by atoms with Gasteiger partial charge in [0.05, 0.1) is 18.1 Å². The lowest BCUT2D eigenvalue weighted by Crippen LogP contribution is -2.07. The number of anilines is 1. The Morgan fingerprint density at radius 1 is 0.944 bits per heavy atom. The molecule has 0 spiro atoms. The molecule has 0 saturated carbocycles. The Morgan fingerprint density at radius 2 is 1.61 bits per heavy atom. The van der Waals surface area contributed by atoms with E-state index in [0.29, 0.717) is 11.3 Å². The highest BCUT2D eigenvalue weighted by Gasteiger charge is 2.09. The number of benzene rings is 1. The highest BCUT2D eigenvalue weighted by Crippen LogP contribution is 2.20. The molecule has 0 aliphatic carbocycles. The van der Waals surface area contributed by atoms with Crippen molar-refractivity contribution in [2.45, 2.75) is 13.0 Å². The Kier molecular flexibility index (Phi) is 3.50. The summed E-state index contributed by atoms with van der Waals surface area (Å²) in [7, 11) is 0. The fourth-order valence-electron chi connectivity index (χ4n) is 1.65. The van der Waals surface area contributed by atoms with Crippen LogP contribution >= 0.6 is 0 Å². The van der Waals surface area contributed by atoms with E-state index >= 15 is 0 Å². The van der Waals surface area contributed by atoms with E-state index in [1.54, 1.807) is 6.92 Å². The third kappa shape index (κ3) is 3.00. The maximum Gasteiger partial charge on any atom is 0.143 e. The van der Waals surface area contributed by atoms with Crippen molar-refractivity contribution in [3.8, 4) is 0 Å². The van der Waals surface area contributed by atoms with Gasteiger partial charge in [-0.1, -0.05) is 0 Å². The summed E-state index contributed by atoms with van der Waals surface area (Å²) in [5, 5.41) is 2.92. The van der Waals surface area contributed by atoms with Gasteiger partial charge in [0.25, 0.3) is 0 Å². The third-order valence-corrected chi connectivity index (χ3v) is 2.47. The van der Waals surface area contributed by atoms with Gasteiger partial charge in [-0.25, -0.2) is 13.2 Å². The molecular weight excluding hydrogens is 241 g/mol. The molecule has 1 unspecified atom stereocenters. The number of pyridine rings is 1. The van der Waals surface area contributed by atoms with E-state index in [4.69, 9.17) is 0 Å². The van der Waals surface area contributed by atoms with Gasteiger partial charge in [0.1, 0.15) is 17.5 Å². The van der Waals surface area contributed by atoms with Crippen molar-refractivity contribution in [2.24, 2.45) is 0 Å². The van der Waals surface area contributed by atoms with Crippen LogP contribution in [0.2, 0.25) is 0 Å². The van der Waals surface area contributed by atoms with Crippen molar-refractivity contribution in [1.82, 2.24) is 4.98 Å². The predicted octanol–water partition coefficient (Wildman–Crippen LogP) is 3.67. The largest absolute Gasteiger partial charge is 0.377 e. The summed E-state index contributed by atoms with van der Waals surface area (Å²) in [6, 6.07) is 4.17. The van der Waals surface area contributed by atoms with Crippen LogP contribution in [0.3, 0.4) is 0 Å². The standard InChI is InChI=1S/C13H11F3N2/c1-8(9-2-10(14)4-11(15)3-9)18-13-5-12(16)6-17-7-13/h2-8,18H,1H3. The molecule has 2 aromatic rings. The van der Waals surface area contributed by atoms with Crippen molar-refractivity contribution in [3.63, 3.8) is 0 Å². The number of nitrogens with one attached hydrogen (secondary N) is 1. The summed E-state index contributed by atoms with van der Waals surface area (Å²) in [4.78, 5) is 3.68. The first-order valence-electron chi connectivity index (χ1n) is 5.37. The van der Waals surface area contributed by atoms with Crippen molar-refractivity contribution < 1.29 is 13.2 Å². The zero-order valence-electron chi connectivity index (χ0n) is 9.62. The van der Waals surface area contributed by atoms with Crippen molar-refractivity contribution in [3.05, 3.63) is 59.7 Å². The molecule has 1 N–H and O–H groups in total. The number of aromatic nitrogens is 1. The summed E-state index contributed by atoms with van der Waals surface area (Å²) in [6.45, 7) is 1.72. The lowest BCUT2D eigenvalue weighted by Gasteiger charge is -2.15. The molecule has 0 bridgehead atoms. The van der Waals surface area contributed by atoms with Gasteiger partial charge >= 0.3 is 0 Å². The molecule has 5 heteroatoms. The van der Waals surface area contributed by atoms with Crippen LogP contribution in [-0.4, -0.2) is 4.98 Å². The Hall–Kier alpha value is -2.04. The molecule has 1 heterocycles. The van der Waals surface area contributed by atoms with E-state index in [0.717, 1.165) is 12.3 Å². The quantitative estimate of drug-likeness (QED) is 0.901. The van der Waals surface area contributed by atoms with Crippen molar-refractivity contribution in [2.75, 3.05) is 5.32 Å². The second-order valence-corrected chi connectivity index (χ2v) is 3.96. The number of halogens is 3. The monoisotopic (exact) mass is 252 g/mol. The normalized spacial score (nSPS) is 12.2. The molecular formula is C13H11F3N2. The van der Waals surface area contributed by atoms with Gasteiger partial charge in [0.15, 0.2) is 0 Å². The van der Waals surface area contributed by atoms with E-state index < -0.39 is 17.5 Å². The van der Waals surface area contributed by atoms with Gasteiger partial charge in [0.2, 0.25) is 0 Å². The Labute approximate surface area is 102 Å². The maximum atomic E-state index is 13.1. The molecule has 2 nitrogen and oxygen atoms in total. The van der Waals surface area contributed by atoms with Crippen LogP contribution in [-0.2, 0) is 0 Å². The van der Waals surface area contributed by atoms with E-state index in [-0.39, 0.29) is 6.04 Å². The van der Waals surface area contributed by atoms with Crippen LogP contribution in [0.4, 0.5) is 18.9 Å². The van der Waals surface area contributed by atoms with Gasteiger partial charge in [-0.15, -0.1) is 0 Å². The lowest BCUT2D eigenvalue weighted by atomic mass is 10.1. The first-order valence-corrected chi connectivity index (χ1v) is 5.37. The molecule has 0 aliphatic heterocycles. The second-order valence-electron chi connectivity index (χ2n) is 3.96. The van der Waals surface area contributed by atoms with Crippen LogP contribution in [0.5, 0.6) is 0 Å². The zero-order chi connectivity index (χ0) is 13.1. The van der Waals surface area contributed by atoms with Gasteiger partial charge in [-0.05, 0) is 24.6 Å². The lowest BCUT2D eigenvalue weighted by molar-refractivity contribution is 0.577. The molecule has 0 aliphatic rings. The molecule has 1 aromatic heterocycles. The van der Waals surface area contributed by atoms with Crippen LogP contribution in [0, 0.1) is 17.5 Å². The zero-order valence-corrected chi connectivity index (χ0v) is 9.62. The van der Waals surface area contributed by atoms with E-state index in [9.17, 15) is 13.2 Å². The summed E-state index contributed by atoms with van der Waals surface area (Å²) < 4.78 is 39.0. The average molecular weight is 252 g/mol. The van der Waals surface area contributed by atoms with Gasteiger partial charge in [-0.2, -0.15) is 0 Å². The summed E-state index contributed by atoms with van der Waals surface area (Å²) >= 11 is 0. The first-order chi connectivity index (χ1) is 8.54. The fourth-order valence-corrected chi connectivity index (χ4v) is 1.65. The fraction of sp³-hybridized carbons (Fsp3) is 0.154. The first kappa shape index (κ1) is 12.4. The minimum Gasteiger partial charge on any atom is -0.377 e. The maximum absolute atomic E-state index is 13.1. The van der Waals surface area contributed by atoms with Gasteiger partial charge in [-0.3, -0.25) is 4.98 Å². The van der Waals surface area contributed by atoms with Crippen molar-refractivity contribution in [1.29, 1.82) is 0 Å². The Morgan fingerprint density at radius 3 is 2.22 bits per heavy atom. The smallest absolute Gasteiger partial charge is 0.143 e. The van der Waals surface area contributed by atoms with Crippen LogP contribution < -0.4 is 5.32 Å². The van der Waals surface area contributed by atoms with Crippen LogP contribution in [0.15, 0.2) is 36.7 Å². The summed E-state index contributed by atoms with van der Waals surface area (Å²) in [5.74, 6) is -1.76. The van der Waals surface area contributed by atoms with E-state index in [1.165, 1.54) is 24.4 Å². The molecule has 0 amide bonds. The molecule has 2 rings (SSSR count). The van der Waals surface area contributed by atoms with Gasteiger partial charge < -0.3 is 5.32 Å². The Balaban J connectivity index is 2.19. The van der Waals surface area contributed by atoms with Gasteiger partial charge in [0, 0.05) is 18.2 Å². The number of nitrogens with zero attached hydrogens (tertiary/aromatic N) is 1. The average Bonchev–Trinajstić information content (AvgIpc) is 2.27. The third-order valence-electron chi connectivity index (χ3n) is 2.47. The SMILES string of the molecule is CC(Nc1cncc(F)c1)c1cc(F)cc(F)c1. The minimum absolute atomic E-state index is 0.362. The molecule has 0 saturated heterocycles. The predicted molar refractivity (Wildman–Crippen MR) is 62.6 cm³/mol. The Bertz CT molecular complexity index is 537. The van der Waals surface area contributed by atoms with Crippen molar-refractivity contribution >= 4 is 5.69 Å². The van der Waals surface area contributed by atoms with E-state index in [2.05, 4.69) is 10.3 Å². The minimum atomic E-state index is -0.643. The topological polar surface area (TPSA) is 24.9 Å². The summed E-state index contributed by atoms with van der Waals surface area (Å²) in [6.07, 6.45) is 2.52. The van der Waals surface area contributed by atoms with Crippen LogP contribution in [0.1, 0.15) is 18.5 Å². The molecule has 1 atom stereocenters. The highest BCUT2D eigenvalue weighted by atomic mass is 19.1. The van der Waals surface area contributed by atoms with E-state index in [1.807, 2.05) is 0 Å². The number of rotatable bonds is 3. The summed E-state index contributed by atoms with van der Waals surface area (Å²) in [5.41, 5.74) is 0.893. The van der Waals surface area contributed by atoms with Crippen LogP contribution in [0.25, 0.3) is 0 Å². The number of hydrogen-bond donors (Lipinski definition) is 1. The molecule has 94 valence electrons. The second kappa shape index (κ2) is 5.08. The molecule has 0 fully saturated rings. The molecule has 1 aromatic carbocycles. The highest BCUT2D eigenvalue weighted by molar-refractivity contribution is 5.43. The molecule has 18 heavy (non-hydrogen) atoms.